The van der Waals surface area contributed by atoms with E-state index in [0.717, 1.165) is 24.5 Å². The van der Waals surface area contributed by atoms with E-state index in [1.165, 1.54) is 0 Å². The quantitative estimate of drug-likeness (QED) is 0.775. The first-order chi connectivity index (χ1) is 7.67. The van der Waals surface area contributed by atoms with Gasteiger partial charge in [-0.15, -0.1) is 0 Å². The highest BCUT2D eigenvalue weighted by molar-refractivity contribution is 5.11. The van der Waals surface area contributed by atoms with Gasteiger partial charge >= 0.3 is 0 Å². The fourth-order valence-electron chi connectivity index (χ4n) is 1.56. The number of methoxy groups -OCH3 is 1. The van der Waals surface area contributed by atoms with Crippen LogP contribution in [0.3, 0.4) is 0 Å². The van der Waals surface area contributed by atoms with E-state index < -0.39 is 0 Å². The number of rotatable bonds is 7. The zero-order valence-corrected chi connectivity index (χ0v) is 10.7. The Morgan fingerprint density at radius 3 is 2.62 bits per heavy atom. The topological polar surface area (TPSA) is 34.4 Å². The fraction of sp³-hybridized carbons (Fsp3) is 0.692. The van der Waals surface area contributed by atoms with Crippen molar-refractivity contribution in [3.63, 3.8) is 0 Å². The maximum Gasteiger partial charge on any atom is 0.123 e. The molecule has 0 amide bonds. The molecule has 92 valence electrons. The van der Waals surface area contributed by atoms with Crippen LogP contribution in [0.1, 0.15) is 38.3 Å². The van der Waals surface area contributed by atoms with E-state index in [1.807, 2.05) is 12.1 Å². The Morgan fingerprint density at radius 2 is 2.12 bits per heavy atom. The Hall–Kier alpha value is -0.800. The second-order valence-corrected chi connectivity index (χ2v) is 4.47. The van der Waals surface area contributed by atoms with Gasteiger partial charge < -0.3 is 14.5 Å². The molecule has 0 saturated heterocycles. The molecule has 1 rings (SSSR count). The molecule has 0 aliphatic heterocycles. The Labute approximate surface area is 98.2 Å². The van der Waals surface area contributed by atoms with Crippen LogP contribution in [0.2, 0.25) is 0 Å². The van der Waals surface area contributed by atoms with Gasteiger partial charge in [0.1, 0.15) is 11.5 Å². The number of aryl methyl sites for hydroxylation is 1. The third kappa shape index (κ3) is 3.99. The average molecular weight is 225 g/mol. The van der Waals surface area contributed by atoms with Gasteiger partial charge in [-0.3, -0.25) is 0 Å². The summed E-state index contributed by atoms with van der Waals surface area (Å²) in [6.45, 7) is 8.09. The predicted octanol–water partition coefficient (Wildman–Crippen LogP) is 2.78. The second kappa shape index (κ2) is 6.71. The van der Waals surface area contributed by atoms with Crippen LogP contribution in [0, 0.1) is 5.92 Å². The third-order valence-electron chi connectivity index (χ3n) is 2.48. The summed E-state index contributed by atoms with van der Waals surface area (Å²) in [4.78, 5) is 0. The molecule has 1 N–H and O–H groups in total. The van der Waals surface area contributed by atoms with Crippen molar-refractivity contribution in [2.75, 3.05) is 20.3 Å². The molecule has 3 nitrogen and oxygen atoms in total. The predicted molar refractivity (Wildman–Crippen MR) is 65.5 cm³/mol. The third-order valence-corrected chi connectivity index (χ3v) is 2.48. The zero-order chi connectivity index (χ0) is 12.0. The molecule has 16 heavy (non-hydrogen) atoms. The van der Waals surface area contributed by atoms with Crippen LogP contribution in [0.25, 0.3) is 0 Å². The second-order valence-electron chi connectivity index (χ2n) is 4.47. The van der Waals surface area contributed by atoms with Crippen molar-refractivity contribution in [2.45, 2.75) is 33.2 Å². The van der Waals surface area contributed by atoms with Crippen molar-refractivity contribution in [2.24, 2.45) is 5.92 Å². The Bertz CT molecular complexity index is 294. The standard InChI is InChI=1S/C13H23NO2/c1-5-11-6-7-13(16-11)12(9-15-4)14-8-10(2)3/h6-7,10,12,14H,5,8-9H2,1-4H3. The normalized spacial score (nSPS) is 13.3. The average Bonchev–Trinajstić information content (AvgIpc) is 2.72. The van der Waals surface area contributed by atoms with Gasteiger partial charge in [0.05, 0.1) is 12.6 Å². The van der Waals surface area contributed by atoms with Crippen molar-refractivity contribution in [1.29, 1.82) is 0 Å². The molecule has 0 fully saturated rings. The van der Waals surface area contributed by atoms with Gasteiger partial charge in [0.2, 0.25) is 0 Å². The minimum Gasteiger partial charge on any atom is -0.464 e. The van der Waals surface area contributed by atoms with Crippen LogP contribution in [-0.2, 0) is 11.2 Å². The summed E-state index contributed by atoms with van der Waals surface area (Å²) in [5, 5.41) is 3.46. The maximum atomic E-state index is 5.74. The summed E-state index contributed by atoms with van der Waals surface area (Å²) in [5.74, 6) is 2.63. The largest absolute Gasteiger partial charge is 0.464 e. The highest BCUT2D eigenvalue weighted by Crippen LogP contribution is 2.17. The molecule has 0 saturated carbocycles. The van der Waals surface area contributed by atoms with Gasteiger partial charge in [-0.05, 0) is 24.6 Å². The molecule has 0 aromatic carbocycles. The van der Waals surface area contributed by atoms with Crippen molar-refractivity contribution >= 4 is 0 Å². The Balaban J connectivity index is 2.60. The highest BCUT2D eigenvalue weighted by atomic mass is 16.5. The SMILES string of the molecule is CCc1ccc(C(COC)NCC(C)C)o1. The molecule has 1 unspecified atom stereocenters. The van der Waals surface area contributed by atoms with E-state index in [-0.39, 0.29) is 6.04 Å². The molecule has 0 aliphatic carbocycles. The summed E-state index contributed by atoms with van der Waals surface area (Å²) >= 11 is 0. The van der Waals surface area contributed by atoms with E-state index in [1.54, 1.807) is 7.11 Å². The Morgan fingerprint density at radius 1 is 1.38 bits per heavy atom. The van der Waals surface area contributed by atoms with Gasteiger partial charge in [0, 0.05) is 13.5 Å². The van der Waals surface area contributed by atoms with Gasteiger partial charge in [-0.25, -0.2) is 0 Å². The number of nitrogens with one attached hydrogen (secondary N) is 1. The summed E-state index contributed by atoms with van der Waals surface area (Å²) in [6, 6.07) is 4.23. The molecule has 1 atom stereocenters. The van der Waals surface area contributed by atoms with E-state index in [2.05, 4.69) is 26.1 Å². The first kappa shape index (κ1) is 13.3. The molecule has 3 heteroatoms. The zero-order valence-electron chi connectivity index (χ0n) is 10.7. The van der Waals surface area contributed by atoms with Gasteiger partial charge in [0.15, 0.2) is 0 Å². The number of hydrogen-bond donors (Lipinski definition) is 1. The lowest BCUT2D eigenvalue weighted by molar-refractivity contribution is 0.154. The van der Waals surface area contributed by atoms with Crippen LogP contribution in [0.15, 0.2) is 16.5 Å². The molecule has 1 aromatic rings. The molecule has 1 heterocycles. The number of ether oxygens (including phenoxy) is 1. The number of hydrogen-bond acceptors (Lipinski definition) is 3. The van der Waals surface area contributed by atoms with Crippen LogP contribution in [-0.4, -0.2) is 20.3 Å². The van der Waals surface area contributed by atoms with E-state index in [4.69, 9.17) is 9.15 Å². The van der Waals surface area contributed by atoms with E-state index in [0.29, 0.717) is 12.5 Å². The van der Waals surface area contributed by atoms with Gasteiger partial charge in [-0.1, -0.05) is 20.8 Å². The van der Waals surface area contributed by atoms with Gasteiger partial charge in [-0.2, -0.15) is 0 Å². The van der Waals surface area contributed by atoms with Crippen molar-refractivity contribution in [1.82, 2.24) is 5.32 Å². The molecular weight excluding hydrogens is 202 g/mol. The Kier molecular flexibility index (Phi) is 5.56. The lowest BCUT2D eigenvalue weighted by Gasteiger charge is -2.17. The van der Waals surface area contributed by atoms with Crippen molar-refractivity contribution in [3.8, 4) is 0 Å². The van der Waals surface area contributed by atoms with Crippen molar-refractivity contribution in [3.05, 3.63) is 23.7 Å². The van der Waals surface area contributed by atoms with Crippen LogP contribution in [0.5, 0.6) is 0 Å². The molecule has 0 bridgehead atoms. The molecule has 0 radical (unpaired) electrons. The summed E-state index contributed by atoms with van der Waals surface area (Å²) in [6.07, 6.45) is 0.934. The van der Waals surface area contributed by atoms with Crippen molar-refractivity contribution < 1.29 is 9.15 Å². The lowest BCUT2D eigenvalue weighted by Crippen LogP contribution is -2.28. The lowest BCUT2D eigenvalue weighted by atomic mass is 10.2. The highest BCUT2D eigenvalue weighted by Gasteiger charge is 2.15. The van der Waals surface area contributed by atoms with Gasteiger partial charge in [0.25, 0.3) is 0 Å². The maximum absolute atomic E-state index is 5.74. The smallest absolute Gasteiger partial charge is 0.123 e. The van der Waals surface area contributed by atoms with Crippen LogP contribution in [0.4, 0.5) is 0 Å². The summed E-state index contributed by atoms with van der Waals surface area (Å²) in [5.41, 5.74) is 0. The number of furan rings is 1. The first-order valence-electron chi connectivity index (χ1n) is 5.98. The monoisotopic (exact) mass is 225 g/mol. The first-order valence-corrected chi connectivity index (χ1v) is 5.98. The minimum absolute atomic E-state index is 0.160. The molecular formula is C13H23NO2. The minimum atomic E-state index is 0.160. The molecule has 0 spiro atoms. The molecule has 1 aromatic heterocycles. The van der Waals surface area contributed by atoms with E-state index in [9.17, 15) is 0 Å². The summed E-state index contributed by atoms with van der Waals surface area (Å²) < 4.78 is 10.9. The fourth-order valence-corrected chi connectivity index (χ4v) is 1.56. The molecule has 0 aliphatic rings. The van der Waals surface area contributed by atoms with Crippen LogP contribution >= 0.6 is 0 Å². The van der Waals surface area contributed by atoms with Crippen LogP contribution < -0.4 is 5.32 Å². The van der Waals surface area contributed by atoms with E-state index >= 15 is 0 Å². The summed E-state index contributed by atoms with van der Waals surface area (Å²) in [7, 11) is 1.72.